The van der Waals surface area contributed by atoms with E-state index in [0.29, 0.717) is 16.8 Å². The van der Waals surface area contributed by atoms with E-state index in [9.17, 15) is 13.2 Å². The van der Waals surface area contributed by atoms with Crippen molar-refractivity contribution in [3.05, 3.63) is 78.4 Å². The smallest absolute Gasteiger partial charge is 0.405 e. The summed E-state index contributed by atoms with van der Waals surface area (Å²) in [7, 11) is 0. The van der Waals surface area contributed by atoms with Gasteiger partial charge in [-0.05, 0) is 54.8 Å². The molecule has 5 rings (SSSR count). The van der Waals surface area contributed by atoms with Gasteiger partial charge in [0.25, 0.3) is 0 Å². The van der Waals surface area contributed by atoms with Crippen molar-refractivity contribution < 1.29 is 22.6 Å². The van der Waals surface area contributed by atoms with Crippen LogP contribution < -0.4 is 10.1 Å². The van der Waals surface area contributed by atoms with Crippen LogP contribution in [-0.4, -0.2) is 39.9 Å². The topological polar surface area (TPSA) is 61.2 Å². The Hall–Kier alpha value is -3.17. The van der Waals surface area contributed by atoms with Crippen LogP contribution in [0.3, 0.4) is 0 Å². The predicted octanol–water partition coefficient (Wildman–Crippen LogP) is 4.44. The lowest BCUT2D eigenvalue weighted by Gasteiger charge is -2.40. The van der Waals surface area contributed by atoms with Gasteiger partial charge in [0.2, 0.25) is 0 Å². The Morgan fingerprint density at radius 2 is 1.88 bits per heavy atom. The maximum atomic E-state index is 13.1. The van der Waals surface area contributed by atoms with Crippen LogP contribution in [0.4, 0.5) is 13.2 Å². The number of ether oxygens (including phenoxy) is 2. The highest BCUT2D eigenvalue weighted by Gasteiger charge is 2.45. The van der Waals surface area contributed by atoms with Crippen LogP contribution in [0.5, 0.6) is 5.75 Å². The zero-order valence-electron chi connectivity index (χ0n) is 17.0. The van der Waals surface area contributed by atoms with Gasteiger partial charge in [0, 0.05) is 11.3 Å². The molecule has 0 saturated carbocycles. The largest absolute Gasteiger partial charge is 0.573 e. The number of hydrogen-bond acceptors (Lipinski definition) is 5. The first-order valence-corrected chi connectivity index (χ1v) is 10.3. The lowest BCUT2D eigenvalue weighted by atomic mass is 9.81. The van der Waals surface area contributed by atoms with E-state index < -0.39 is 12.0 Å². The van der Waals surface area contributed by atoms with Gasteiger partial charge < -0.3 is 14.8 Å². The summed E-state index contributed by atoms with van der Waals surface area (Å²) in [6, 6.07) is 14.4. The van der Waals surface area contributed by atoms with E-state index in [4.69, 9.17) is 4.74 Å². The average Bonchev–Trinajstić information content (AvgIpc) is 3.45. The van der Waals surface area contributed by atoms with Crippen molar-refractivity contribution in [2.75, 3.05) is 13.2 Å². The van der Waals surface area contributed by atoms with E-state index in [2.05, 4.69) is 20.3 Å². The second-order valence-corrected chi connectivity index (χ2v) is 7.91. The normalized spacial score (nSPS) is 23.3. The first-order valence-electron chi connectivity index (χ1n) is 10.3. The lowest BCUT2D eigenvalue weighted by molar-refractivity contribution is -0.274. The number of nitrogens with one attached hydrogen (secondary N) is 1. The maximum absolute atomic E-state index is 13.1. The average molecular weight is 442 g/mol. The van der Waals surface area contributed by atoms with Gasteiger partial charge in [0.1, 0.15) is 24.0 Å². The van der Waals surface area contributed by atoms with Gasteiger partial charge in [-0.2, -0.15) is 0 Å². The Morgan fingerprint density at radius 3 is 2.62 bits per heavy atom. The van der Waals surface area contributed by atoms with Crippen molar-refractivity contribution >= 4 is 5.57 Å². The minimum absolute atomic E-state index is 0.0945. The fourth-order valence-electron chi connectivity index (χ4n) is 4.51. The summed E-state index contributed by atoms with van der Waals surface area (Å²) in [6.07, 6.45) is 1.81. The molecule has 1 saturated heterocycles. The predicted molar refractivity (Wildman–Crippen MR) is 111 cm³/mol. The molecule has 0 unspecified atom stereocenters. The third-order valence-corrected chi connectivity index (χ3v) is 5.88. The molecule has 0 amide bonds. The fourth-order valence-corrected chi connectivity index (χ4v) is 4.51. The number of piperidine rings is 1. The van der Waals surface area contributed by atoms with Gasteiger partial charge in [-0.15, -0.1) is 23.4 Å². The zero-order chi connectivity index (χ0) is 22.2. The summed E-state index contributed by atoms with van der Waals surface area (Å²) in [5.41, 5.74) is 2.06. The van der Waals surface area contributed by atoms with Crippen LogP contribution in [0.15, 0.2) is 67.3 Å². The van der Waals surface area contributed by atoms with Crippen molar-refractivity contribution in [1.29, 1.82) is 0 Å². The summed E-state index contributed by atoms with van der Waals surface area (Å²) >= 11 is 0. The molecule has 2 aliphatic heterocycles. The molecule has 6 nitrogen and oxygen atoms in total. The summed E-state index contributed by atoms with van der Waals surface area (Å²) in [5, 5.41) is 11.1. The molecule has 1 spiro atoms. The van der Waals surface area contributed by atoms with Crippen molar-refractivity contribution in [3.8, 4) is 11.4 Å². The van der Waals surface area contributed by atoms with Crippen LogP contribution >= 0.6 is 0 Å². The quantitative estimate of drug-likeness (QED) is 0.647. The molecule has 0 aliphatic carbocycles. The Labute approximate surface area is 182 Å². The summed E-state index contributed by atoms with van der Waals surface area (Å²) in [4.78, 5) is 0. The van der Waals surface area contributed by atoms with Gasteiger partial charge in [-0.3, -0.25) is 4.57 Å². The number of alkyl halides is 3. The molecule has 1 aromatic heterocycles. The summed E-state index contributed by atoms with van der Waals surface area (Å²) in [6.45, 7) is 1.03. The molecule has 0 bridgehead atoms. The van der Waals surface area contributed by atoms with E-state index in [0.717, 1.165) is 24.9 Å². The number of hydrogen-bond donors (Lipinski definition) is 1. The maximum Gasteiger partial charge on any atom is 0.573 e. The van der Waals surface area contributed by atoms with Gasteiger partial charge >= 0.3 is 6.36 Å². The minimum atomic E-state index is -4.80. The SMILES string of the molecule is FC(F)(F)Oc1ccc(-n2cnnc2)cc1C1=C[C@@]2(CCCN[C@H]2c2ccccc2)OC1. The summed E-state index contributed by atoms with van der Waals surface area (Å²) in [5.74, 6) is -0.263. The molecule has 3 aromatic rings. The Kier molecular flexibility index (Phi) is 5.22. The van der Waals surface area contributed by atoms with E-state index in [1.54, 1.807) is 10.6 Å². The number of benzene rings is 2. The Bertz CT molecular complexity index is 1120. The van der Waals surface area contributed by atoms with Crippen molar-refractivity contribution in [1.82, 2.24) is 20.1 Å². The minimum Gasteiger partial charge on any atom is -0.405 e. The molecule has 2 atom stereocenters. The van der Waals surface area contributed by atoms with Crippen LogP contribution in [-0.2, 0) is 4.74 Å². The second kappa shape index (κ2) is 8.07. The van der Waals surface area contributed by atoms with E-state index in [1.165, 1.54) is 24.8 Å². The standard InChI is InChI=1S/C23H21F3N4O2/c24-23(25,26)32-20-8-7-18(30-14-28-29-15-30)11-19(20)17-12-22(31-13-17)9-4-10-27-21(22)16-5-2-1-3-6-16/h1-3,5-8,11-12,14-15,21,27H,4,9-10,13H2/t21-,22+/m0/s1. The van der Waals surface area contributed by atoms with Gasteiger partial charge in [-0.25, -0.2) is 0 Å². The highest BCUT2D eigenvalue weighted by molar-refractivity contribution is 5.75. The highest BCUT2D eigenvalue weighted by Crippen LogP contribution is 2.45. The number of rotatable bonds is 4. The lowest BCUT2D eigenvalue weighted by Crippen LogP contribution is -2.47. The van der Waals surface area contributed by atoms with Crippen LogP contribution in [0.2, 0.25) is 0 Å². The molecule has 3 heterocycles. The van der Waals surface area contributed by atoms with Crippen molar-refractivity contribution in [2.24, 2.45) is 0 Å². The zero-order valence-corrected chi connectivity index (χ0v) is 17.0. The highest BCUT2D eigenvalue weighted by atomic mass is 19.4. The van der Waals surface area contributed by atoms with Crippen LogP contribution in [0.25, 0.3) is 11.3 Å². The third kappa shape index (κ3) is 4.01. The molecule has 2 aromatic carbocycles. The third-order valence-electron chi connectivity index (χ3n) is 5.88. The molecular formula is C23H21F3N4O2. The molecule has 166 valence electrons. The second-order valence-electron chi connectivity index (χ2n) is 7.91. The number of nitrogens with zero attached hydrogens (tertiary/aromatic N) is 3. The van der Waals surface area contributed by atoms with E-state index in [-0.39, 0.29) is 18.4 Å². The molecule has 2 aliphatic rings. The first kappa shape index (κ1) is 20.7. The monoisotopic (exact) mass is 442 g/mol. The Balaban J connectivity index is 1.57. The molecule has 32 heavy (non-hydrogen) atoms. The summed E-state index contributed by atoms with van der Waals surface area (Å²) < 4.78 is 51.6. The van der Waals surface area contributed by atoms with Gasteiger partial charge in [0.15, 0.2) is 0 Å². The number of halogens is 3. The van der Waals surface area contributed by atoms with Gasteiger partial charge in [0.05, 0.1) is 12.6 Å². The Morgan fingerprint density at radius 1 is 1.09 bits per heavy atom. The van der Waals surface area contributed by atoms with Crippen molar-refractivity contribution in [3.63, 3.8) is 0 Å². The first-order chi connectivity index (χ1) is 15.4. The molecule has 9 heteroatoms. The van der Waals surface area contributed by atoms with E-state index in [1.807, 2.05) is 36.4 Å². The van der Waals surface area contributed by atoms with Crippen LogP contribution in [0, 0.1) is 0 Å². The van der Waals surface area contributed by atoms with Crippen LogP contribution in [0.1, 0.15) is 30.0 Å². The fraction of sp³-hybridized carbons (Fsp3) is 0.304. The van der Waals surface area contributed by atoms with E-state index >= 15 is 0 Å². The van der Waals surface area contributed by atoms with Crippen molar-refractivity contribution in [2.45, 2.75) is 30.8 Å². The molecule has 1 N–H and O–H groups in total. The number of aromatic nitrogens is 3. The molecule has 1 fully saturated rings. The molecule has 0 radical (unpaired) electrons. The van der Waals surface area contributed by atoms with Gasteiger partial charge in [-0.1, -0.05) is 30.3 Å². The molecular weight excluding hydrogens is 421 g/mol.